The van der Waals surface area contributed by atoms with Gasteiger partial charge in [0.25, 0.3) is 0 Å². The van der Waals surface area contributed by atoms with Gasteiger partial charge in [0.15, 0.2) is 0 Å². The number of hydrogen-bond donors (Lipinski definition) is 3. The van der Waals surface area contributed by atoms with Crippen molar-refractivity contribution in [2.24, 2.45) is 29.1 Å². The maximum absolute atomic E-state index is 11.0. The summed E-state index contributed by atoms with van der Waals surface area (Å²) in [5, 5.41) is 32.1. The molecule has 3 heteroatoms. The molecule has 0 unspecified atom stereocenters. The molecule has 3 fully saturated rings. The Bertz CT molecular complexity index is 984. The fourth-order valence-electron chi connectivity index (χ4n) is 7.96. The van der Waals surface area contributed by atoms with Crippen molar-refractivity contribution in [3.8, 4) is 0 Å². The fourth-order valence-corrected chi connectivity index (χ4v) is 7.96. The van der Waals surface area contributed by atoms with Gasteiger partial charge in [0.2, 0.25) is 0 Å². The molecule has 3 aliphatic carbocycles. The molecule has 0 saturated heterocycles. The van der Waals surface area contributed by atoms with Crippen LogP contribution >= 0.6 is 0 Å². The van der Waals surface area contributed by atoms with E-state index in [1.165, 1.54) is 32.1 Å². The molecule has 3 nitrogen and oxygen atoms in total. The van der Waals surface area contributed by atoms with Gasteiger partial charge in [-0.05, 0) is 105 Å². The van der Waals surface area contributed by atoms with Crippen LogP contribution in [0, 0.1) is 29.1 Å². The second kappa shape index (κ2) is 11.6. The molecule has 204 valence electrons. The standard InChI is InChI=1S/C34H50O3/c1-23(11-9-19-33(3,4)37)29-17-18-30-26(14-10-20-34(29,30)5)15-16-27-22-31(35)28(32(36)24(27)2)21-25-12-7-6-8-13-25/h6-8,12-13,15-16,23,28-32,35-37H,2,9-11,14,17-22H2,1,3-5H3/b26-15+,27-16-/t23-,28+,29-,30+,31-,32-,34-/m1/s1. The lowest BCUT2D eigenvalue weighted by atomic mass is 9.60. The van der Waals surface area contributed by atoms with Gasteiger partial charge in [-0.3, -0.25) is 0 Å². The van der Waals surface area contributed by atoms with Gasteiger partial charge in [-0.25, -0.2) is 0 Å². The molecule has 0 heterocycles. The van der Waals surface area contributed by atoms with E-state index in [4.69, 9.17) is 0 Å². The third-order valence-corrected chi connectivity index (χ3v) is 10.1. The Morgan fingerprint density at radius 3 is 2.57 bits per heavy atom. The maximum atomic E-state index is 11.0. The Labute approximate surface area is 225 Å². The van der Waals surface area contributed by atoms with E-state index in [1.54, 1.807) is 5.57 Å². The number of fused-ring (bicyclic) bond motifs is 1. The largest absolute Gasteiger partial charge is 0.392 e. The quantitative estimate of drug-likeness (QED) is 0.350. The number of allylic oxidation sites excluding steroid dienone is 3. The first-order valence-corrected chi connectivity index (χ1v) is 14.7. The summed E-state index contributed by atoms with van der Waals surface area (Å²) in [7, 11) is 0. The van der Waals surface area contributed by atoms with E-state index in [0.29, 0.717) is 30.1 Å². The highest BCUT2D eigenvalue weighted by molar-refractivity contribution is 5.40. The van der Waals surface area contributed by atoms with Crippen molar-refractivity contribution in [3.63, 3.8) is 0 Å². The minimum atomic E-state index is -0.717. The Morgan fingerprint density at radius 2 is 1.86 bits per heavy atom. The van der Waals surface area contributed by atoms with Gasteiger partial charge in [0, 0.05) is 5.92 Å². The third-order valence-electron chi connectivity index (χ3n) is 10.1. The zero-order valence-corrected chi connectivity index (χ0v) is 23.6. The van der Waals surface area contributed by atoms with Gasteiger partial charge >= 0.3 is 0 Å². The summed E-state index contributed by atoms with van der Waals surface area (Å²) in [4.78, 5) is 0. The zero-order chi connectivity index (χ0) is 26.8. The minimum absolute atomic E-state index is 0.217. The predicted molar refractivity (Wildman–Crippen MR) is 153 cm³/mol. The molecule has 0 amide bonds. The van der Waals surface area contributed by atoms with Crippen LogP contribution < -0.4 is 0 Å². The van der Waals surface area contributed by atoms with Crippen molar-refractivity contribution >= 4 is 0 Å². The van der Waals surface area contributed by atoms with Crippen molar-refractivity contribution in [1.82, 2.24) is 0 Å². The lowest BCUT2D eigenvalue weighted by molar-refractivity contribution is 0.0187. The van der Waals surface area contributed by atoms with Gasteiger partial charge in [-0.15, -0.1) is 0 Å². The van der Waals surface area contributed by atoms with Crippen molar-refractivity contribution < 1.29 is 15.3 Å². The molecule has 0 bridgehead atoms. The van der Waals surface area contributed by atoms with Crippen LogP contribution in [0.5, 0.6) is 0 Å². The van der Waals surface area contributed by atoms with Crippen LogP contribution in [0.4, 0.5) is 0 Å². The monoisotopic (exact) mass is 506 g/mol. The van der Waals surface area contributed by atoms with Crippen LogP contribution in [0.2, 0.25) is 0 Å². The summed E-state index contributed by atoms with van der Waals surface area (Å²) in [5.74, 6) is 1.83. The Morgan fingerprint density at radius 1 is 1.14 bits per heavy atom. The van der Waals surface area contributed by atoms with Crippen LogP contribution in [0.25, 0.3) is 0 Å². The van der Waals surface area contributed by atoms with Gasteiger partial charge in [-0.2, -0.15) is 0 Å². The lowest BCUT2D eigenvalue weighted by Gasteiger charge is -2.44. The van der Waals surface area contributed by atoms with Crippen molar-refractivity contribution in [1.29, 1.82) is 0 Å². The third kappa shape index (κ3) is 6.49. The Kier molecular flexibility index (Phi) is 8.88. The van der Waals surface area contributed by atoms with E-state index in [1.807, 2.05) is 32.0 Å². The number of benzene rings is 1. The predicted octanol–water partition coefficient (Wildman–Crippen LogP) is 7.17. The lowest BCUT2D eigenvalue weighted by Crippen LogP contribution is -2.39. The molecule has 0 aromatic heterocycles. The maximum Gasteiger partial charge on any atom is 0.0843 e. The van der Waals surface area contributed by atoms with E-state index in [9.17, 15) is 15.3 Å². The normalized spacial score (nSPS) is 35.6. The van der Waals surface area contributed by atoms with Gasteiger partial charge in [0.05, 0.1) is 17.8 Å². The van der Waals surface area contributed by atoms with Crippen LogP contribution in [0.1, 0.15) is 91.0 Å². The van der Waals surface area contributed by atoms with E-state index in [0.717, 1.165) is 41.9 Å². The molecule has 1 aromatic rings. The molecule has 4 rings (SSSR count). The Balaban J connectivity index is 1.43. The number of aliphatic hydroxyl groups excluding tert-OH is 2. The molecule has 1 aromatic carbocycles. The second-order valence-corrected chi connectivity index (χ2v) is 13.3. The van der Waals surface area contributed by atoms with Crippen LogP contribution in [0.3, 0.4) is 0 Å². The van der Waals surface area contributed by atoms with Crippen molar-refractivity contribution in [2.75, 3.05) is 0 Å². The number of hydrogen-bond acceptors (Lipinski definition) is 3. The first-order valence-electron chi connectivity index (χ1n) is 14.7. The van der Waals surface area contributed by atoms with Gasteiger partial charge in [0.1, 0.15) is 0 Å². The summed E-state index contributed by atoms with van der Waals surface area (Å²) >= 11 is 0. The summed E-state index contributed by atoms with van der Waals surface area (Å²) in [6.07, 6.45) is 13.8. The Hall–Kier alpha value is -1.68. The smallest absolute Gasteiger partial charge is 0.0843 e. The molecule has 3 N–H and O–H groups in total. The summed E-state index contributed by atoms with van der Waals surface area (Å²) in [6, 6.07) is 10.1. The van der Waals surface area contributed by atoms with Crippen LogP contribution in [0.15, 0.2) is 65.8 Å². The summed E-state index contributed by atoms with van der Waals surface area (Å²) in [6.45, 7) is 13.0. The zero-order valence-electron chi connectivity index (χ0n) is 23.6. The fraction of sp³-hybridized carbons (Fsp3) is 0.647. The second-order valence-electron chi connectivity index (χ2n) is 13.3. The van der Waals surface area contributed by atoms with E-state index < -0.39 is 17.8 Å². The van der Waals surface area contributed by atoms with Crippen molar-refractivity contribution in [2.45, 2.75) is 110 Å². The molecule has 0 radical (unpaired) electrons. The average Bonchev–Trinajstić information content (AvgIpc) is 3.20. The first-order chi connectivity index (χ1) is 17.5. The van der Waals surface area contributed by atoms with Crippen molar-refractivity contribution in [3.05, 3.63) is 71.3 Å². The number of rotatable bonds is 8. The first kappa shape index (κ1) is 28.3. The summed E-state index contributed by atoms with van der Waals surface area (Å²) < 4.78 is 0. The summed E-state index contributed by atoms with van der Waals surface area (Å²) in [5.41, 5.74) is 4.24. The molecule has 37 heavy (non-hydrogen) atoms. The van der Waals surface area contributed by atoms with E-state index >= 15 is 0 Å². The van der Waals surface area contributed by atoms with Crippen LogP contribution in [-0.4, -0.2) is 33.1 Å². The van der Waals surface area contributed by atoms with E-state index in [2.05, 4.69) is 44.7 Å². The molecular weight excluding hydrogens is 456 g/mol. The van der Waals surface area contributed by atoms with E-state index in [-0.39, 0.29) is 5.92 Å². The molecule has 3 saturated carbocycles. The molecular formula is C34H50O3. The molecule has 0 aliphatic heterocycles. The van der Waals surface area contributed by atoms with Gasteiger partial charge in [-0.1, -0.05) is 81.3 Å². The topological polar surface area (TPSA) is 60.7 Å². The average molecular weight is 507 g/mol. The molecule has 7 atom stereocenters. The highest BCUT2D eigenvalue weighted by Crippen LogP contribution is 2.60. The minimum Gasteiger partial charge on any atom is -0.392 e. The highest BCUT2D eigenvalue weighted by atomic mass is 16.3. The SMILES string of the molecule is C=C1/C(=C\C=C2/CCC[C@]3(C)[C@@H]([C@H](C)CCCC(C)(C)O)CC[C@@H]23)C[C@@H](O)[C@H](Cc2ccccc2)[C@@H]1O. The van der Waals surface area contributed by atoms with Crippen LogP contribution in [-0.2, 0) is 6.42 Å². The molecule has 3 aliphatic rings. The van der Waals surface area contributed by atoms with Gasteiger partial charge < -0.3 is 15.3 Å². The number of aliphatic hydroxyl groups is 3. The molecule has 0 spiro atoms. The highest BCUT2D eigenvalue weighted by Gasteiger charge is 2.50.